The Bertz CT molecular complexity index is 1100. The molecule has 0 aliphatic rings. The van der Waals surface area contributed by atoms with Gasteiger partial charge in [-0.15, -0.1) is 0 Å². The molecule has 0 aliphatic carbocycles. The average Bonchev–Trinajstić information content (AvgIpc) is 3.32. The first-order chi connectivity index (χ1) is 15.9. The third kappa shape index (κ3) is 7.17. The van der Waals surface area contributed by atoms with Crippen LogP contribution < -0.4 is 0 Å². The Morgan fingerprint density at radius 2 is 1.73 bits per heavy atom. The molecule has 0 bridgehead atoms. The zero-order valence-corrected chi connectivity index (χ0v) is 20.0. The van der Waals surface area contributed by atoms with Crippen molar-refractivity contribution in [1.29, 1.82) is 0 Å². The van der Waals surface area contributed by atoms with Gasteiger partial charge in [-0.25, -0.2) is 8.42 Å². The largest absolute Gasteiger partial charge is 0.467 e. The van der Waals surface area contributed by atoms with Crippen molar-refractivity contribution in [3.8, 4) is 0 Å². The van der Waals surface area contributed by atoms with Crippen molar-refractivity contribution >= 4 is 27.5 Å². The lowest BCUT2D eigenvalue weighted by atomic mass is 10.2. The van der Waals surface area contributed by atoms with E-state index >= 15 is 0 Å². The molecular formula is C24H27ClN2O5S. The number of carbonyl (C=O) groups excluding carboxylic acids is 1. The minimum atomic E-state index is -3.91. The third-order valence-corrected chi connectivity index (χ3v) is 7.13. The summed E-state index contributed by atoms with van der Waals surface area (Å²) in [5, 5.41) is 0.434. The van der Waals surface area contributed by atoms with Gasteiger partial charge in [-0.1, -0.05) is 41.9 Å². The zero-order valence-electron chi connectivity index (χ0n) is 18.4. The topological polar surface area (TPSA) is 80.1 Å². The lowest BCUT2D eigenvalue weighted by Crippen LogP contribution is -2.43. The third-order valence-electron chi connectivity index (χ3n) is 5.01. The molecule has 0 fully saturated rings. The molecule has 1 amide bonds. The molecule has 3 aromatic rings. The lowest BCUT2D eigenvalue weighted by Gasteiger charge is -2.27. The van der Waals surface area contributed by atoms with Crippen LogP contribution in [0.25, 0.3) is 0 Å². The second-order valence-electron chi connectivity index (χ2n) is 7.45. The highest BCUT2D eigenvalue weighted by Crippen LogP contribution is 2.20. The van der Waals surface area contributed by atoms with Crippen molar-refractivity contribution in [1.82, 2.24) is 9.21 Å². The molecule has 3 rings (SSSR count). The number of halogens is 1. The second-order valence-corrected chi connectivity index (χ2v) is 9.83. The van der Waals surface area contributed by atoms with Crippen molar-refractivity contribution in [2.45, 2.75) is 24.4 Å². The van der Waals surface area contributed by atoms with Gasteiger partial charge < -0.3 is 14.1 Å². The van der Waals surface area contributed by atoms with E-state index < -0.39 is 10.0 Å². The standard InChI is InChI=1S/C24H27ClN2O5S/c1-31-15-6-14-27(33(29,30)23-12-10-21(25)11-13-23)19-24(28)26(18-22-9-5-16-32-22)17-20-7-3-2-4-8-20/h2-5,7-13,16H,6,14-15,17-19H2,1H3. The number of sulfonamides is 1. The second kappa shape index (κ2) is 12.0. The van der Waals surface area contributed by atoms with Crippen LogP contribution in [-0.4, -0.2) is 50.3 Å². The van der Waals surface area contributed by atoms with Crippen LogP contribution in [0, 0.1) is 0 Å². The highest BCUT2D eigenvalue weighted by atomic mass is 35.5. The molecule has 176 valence electrons. The first-order valence-corrected chi connectivity index (χ1v) is 12.3. The molecule has 0 N–H and O–H groups in total. The van der Waals surface area contributed by atoms with Gasteiger partial charge in [-0.2, -0.15) is 4.31 Å². The van der Waals surface area contributed by atoms with E-state index in [2.05, 4.69) is 0 Å². The molecule has 0 aliphatic heterocycles. The fourth-order valence-electron chi connectivity index (χ4n) is 3.30. The Balaban J connectivity index is 1.84. The molecule has 0 saturated heterocycles. The molecule has 0 unspecified atom stereocenters. The molecule has 0 atom stereocenters. The zero-order chi connectivity index (χ0) is 23.7. The molecule has 33 heavy (non-hydrogen) atoms. The van der Waals surface area contributed by atoms with E-state index in [-0.39, 0.29) is 30.4 Å². The number of hydrogen-bond donors (Lipinski definition) is 0. The van der Waals surface area contributed by atoms with E-state index in [1.165, 1.54) is 28.6 Å². The van der Waals surface area contributed by atoms with Gasteiger partial charge >= 0.3 is 0 Å². The van der Waals surface area contributed by atoms with Gasteiger partial charge in [-0.3, -0.25) is 4.79 Å². The smallest absolute Gasteiger partial charge is 0.243 e. The van der Waals surface area contributed by atoms with Crippen LogP contribution in [0.15, 0.2) is 82.3 Å². The number of benzene rings is 2. The molecule has 7 nitrogen and oxygen atoms in total. The Labute approximate surface area is 199 Å². The Kier molecular flexibility index (Phi) is 9.08. The van der Waals surface area contributed by atoms with E-state index in [1.807, 2.05) is 30.3 Å². The monoisotopic (exact) mass is 490 g/mol. The highest BCUT2D eigenvalue weighted by Gasteiger charge is 2.28. The molecule has 0 spiro atoms. The minimum Gasteiger partial charge on any atom is -0.467 e. The number of amides is 1. The van der Waals surface area contributed by atoms with Gasteiger partial charge in [0.2, 0.25) is 15.9 Å². The Morgan fingerprint density at radius 3 is 2.36 bits per heavy atom. The predicted molar refractivity (Wildman–Crippen MR) is 126 cm³/mol. The SMILES string of the molecule is COCCCN(CC(=O)N(Cc1ccccc1)Cc1ccco1)S(=O)(=O)c1ccc(Cl)cc1. The van der Waals surface area contributed by atoms with Gasteiger partial charge in [0.05, 0.1) is 24.2 Å². The van der Waals surface area contributed by atoms with E-state index in [1.54, 1.807) is 30.4 Å². The Morgan fingerprint density at radius 1 is 1.00 bits per heavy atom. The summed E-state index contributed by atoms with van der Waals surface area (Å²) in [6.45, 7) is 0.772. The van der Waals surface area contributed by atoms with Gasteiger partial charge in [0.1, 0.15) is 5.76 Å². The summed E-state index contributed by atoms with van der Waals surface area (Å²) in [6, 6.07) is 19.0. The summed E-state index contributed by atoms with van der Waals surface area (Å²) in [5.74, 6) is 0.288. The summed E-state index contributed by atoms with van der Waals surface area (Å²) in [6.07, 6.45) is 2.00. The number of rotatable bonds is 12. The van der Waals surface area contributed by atoms with Crippen molar-refractivity contribution in [2.24, 2.45) is 0 Å². The Hall–Kier alpha value is -2.65. The fraction of sp³-hybridized carbons (Fsp3) is 0.292. The van der Waals surface area contributed by atoms with E-state index in [0.29, 0.717) is 30.4 Å². The van der Waals surface area contributed by atoms with E-state index in [4.69, 9.17) is 20.8 Å². The first-order valence-electron chi connectivity index (χ1n) is 10.5. The normalized spacial score (nSPS) is 11.6. The van der Waals surface area contributed by atoms with Crippen LogP contribution >= 0.6 is 11.6 Å². The number of furan rings is 1. The predicted octanol–water partition coefficient (Wildman–Crippen LogP) is 4.19. The summed E-state index contributed by atoms with van der Waals surface area (Å²) in [5.41, 5.74) is 0.934. The molecule has 1 heterocycles. The molecule has 0 radical (unpaired) electrons. The van der Waals surface area contributed by atoms with Crippen LogP contribution in [0.1, 0.15) is 17.7 Å². The van der Waals surface area contributed by atoms with Crippen molar-refractivity contribution in [3.63, 3.8) is 0 Å². The van der Waals surface area contributed by atoms with Crippen molar-refractivity contribution < 1.29 is 22.4 Å². The average molecular weight is 491 g/mol. The van der Waals surface area contributed by atoms with Gasteiger partial charge in [0.25, 0.3) is 0 Å². The molecule has 9 heteroatoms. The van der Waals surface area contributed by atoms with Crippen molar-refractivity contribution in [3.05, 3.63) is 89.3 Å². The number of carbonyl (C=O) groups is 1. The van der Waals surface area contributed by atoms with Crippen LogP contribution in [-0.2, 0) is 32.6 Å². The minimum absolute atomic E-state index is 0.0813. The number of hydrogen-bond acceptors (Lipinski definition) is 5. The van der Waals surface area contributed by atoms with Crippen molar-refractivity contribution in [2.75, 3.05) is 26.8 Å². The maximum absolute atomic E-state index is 13.4. The van der Waals surface area contributed by atoms with E-state index in [9.17, 15) is 13.2 Å². The number of methoxy groups -OCH3 is 1. The molecular weight excluding hydrogens is 464 g/mol. The first kappa shape index (κ1) is 25.0. The van der Waals surface area contributed by atoms with Crippen LogP contribution in [0.5, 0.6) is 0 Å². The quantitative estimate of drug-likeness (QED) is 0.356. The van der Waals surface area contributed by atoms with Crippen LogP contribution in [0.4, 0.5) is 0 Å². The highest BCUT2D eigenvalue weighted by molar-refractivity contribution is 7.89. The maximum atomic E-state index is 13.4. The molecule has 1 aromatic heterocycles. The van der Waals surface area contributed by atoms with Gasteiger partial charge in [0, 0.05) is 31.8 Å². The van der Waals surface area contributed by atoms with Gasteiger partial charge in [-0.05, 0) is 48.4 Å². The summed E-state index contributed by atoms with van der Waals surface area (Å²) in [7, 11) is -2.36. The molecule has 0 saturated carbocycles. The number of nitrogens with zero attached hydrogens (tertiary/aromatic N) is 2. The summed E-state index contributed by atoms with van der Waals surface area (Å²) in [4.78, 5) is 15.0. The maximum Gasteiger partial charge on any atom is 0.243 e. The molecule has 2 aromatic carbocycles. The van der Waals surface area contributed by atoms with E-state index in [0.717, 1.165) is 5.56 Å². The van der Waals surface area contributed by atoms with Crippen LogP contribution in [0.3, 0.4) is 0 Å². The van der Waals surface area contributed by atoms with Crippen LogP contribution in [0.2, 0.25) is 5.02 Å². The summed E-state index contributed by atoms with van der Waals surface area (Å²) >= 11 is 5.92. The lowest BCUT2D eigenvalue weighted by molar-refractivity contribution is -0.133. The number of ether oxygens (including phenoxy) is 1. The van der Waals surface area contributed by atoms with Gasteiger partial charge in [0.15, 0.2) is 0 Å². The summed E-state index contributed by atoms with van der Waals surface area (Å²) < 4.78 is 38.4. The fourth-order valence-corrected chi connectivity index (χ4v) is 4.86.